The van der Waals surface area contributed by atoms with Crippen molar-refractivity contribution in [1.29, 1.82) is 0 Å². The van der Waals surface area contributed by atoms with Crippen LogP contribution in [0.3, 0.4) is 0 Å². The molecule has 1 N–H and O–H groups in total. The van der Waals surface area contributed by atoms with Gasteiger partial charge in [0.1, 0.15) is 5.60 Å². The second kappa shape index (κ2) is 6.64. The van der Waals surface area contributed by atoms with E-state index in [9.17, 15) is 4.79 Å². The highest BCUT2D eigenvalue weighted by Gasteiger charge is 2.31. The molecule has 0 aromatic heterocycles. The van der Waals surface area contributed by atoms with E-state index in [1.54, 1.807) is 0 Å². The summed E-state index contributed by atoms with van der Waals surface area (Å²) in [6, 6.07) is 0. The van der Waals surface area contributed by atoms with Crippen LogP contribution in [0.1, 0.15) is 66.7 Å². The van der Waals surface area contributed by atoms with Gasteiger partial charge in [0.05, 0.1) is 0 Å². The number of rotatable bonds is 4. The molecule has 1 rings (SSSR count). The van der Waals surface area contributed by atoms with Gasteiger partial charge in [0.25, 0.3) is 0 Å². The SMILES string of the molecule is C=C1CC(C)CC(C)(CCCNC(=O)OC(C)(C)C)C1. The molecule has 1 saturated carbocycles. The number of allylic oxidation sites excluding steroid dienone is 1. The Morgan fingerprint density at radius 2 is 2.15 bits per heavy atom. The van der Waals surface area contributed by atoms with Crippen LogP contribution in [0.4, 0.5) is 4.79 Å². The summed E-state index contributed by atoms with van der Waals surface area (Å²) in [5, 5.41) is 2.83. The van der Waals surface area contributed by atoms with E-state index >= 15 is 0 Å². The summed E-state index contributed by atoms with van der Waals surface area (Å²) in [5.74, 6) is 0.736. The maximum atomic E-state index is 11.5. The van der Waals surface area contributed by atoms with E-state index in [1.807, 2.05) is 20.8 Å². The third kappa shape index (κ3) is 6.44. The second-order valence-electron chi connectivity index (χ2n) is 7.78. The second-order valence-corrected chi connectivity index (χ2v) is 7.78. The van der Waals surface area contributed by atoms with Crippen LogP contribution in [0.15, 0.2) is 12.2 Å². The molecule has 0 aromatic rings. The average molecular weight is 281 g/mol. The summed E-state index contributed by atoms with van der Waals surface area (Å²) < 4.78 is 5.22. The first-order chi connectivity index (χ1) is 9.10. The zero-order chi connectivity index (χ0) is 15.4. The maximum Gasteiger partial charge on any atom is 0.407 e. The van der Waals surface area contributed by atoms with Crippen LogP contribution < -0.4 is 5.32 Å². The van der Waals surface area contributed by atoms with Gasteiger partial charge in [-0.3, -0.25) is 0 Å². The number of nitrogens with one attached hydrogen (secondary N) is 1. The van der Waals surface area contributed by atoms with E-state index in [2.05, 4.69) is 25.7 Å². The van der Waals surface area contributed by atoms with Gasteiger partial charge < -0.3 is 10.1 Å². The Balaban J connectivity index is 2.27. The molecule has 1 aliphatic rings. The lowest BCUT2D eigenvalue weighted by molar-refractivity contribution is 0.0523. The minimum Gasteiger partial charge on any atom is -0.444 e. The monoisotopic (exact) mass is 281 g/mol. The fourth-order valence-corrected chi connectivity index (χ4v) is 3.36. The van der Waals surface area contributed by atoms with Crippen molar-refractivity contribution in [2.24, 2.45) is 11.3 Å². The van der Waals surface area contributed by atoms with Gasteiger partial charge >= 0.3 is 6.09 Å². The molecule has 0 spiro atoms. The number of hydrogen-bond donors (Lipinski definition) is 1. The third-order valence-electron chi connectivity index (χ3n) is 3.78. The summed E-state index contributed by atoms with van der Waals surface area (Å²) in [7, 11) is 0. The van der Waals surface area contributed by atoms with E-state index in [0.29, 0.717) is 12.0 Å². The number of amides is 1. The molecule has 0 aliphatic heterocycles. The summed E-state index contributed by atoms with van der Waals surface area (Å²) >= 11 is 0. The maximum absolute atomic E-state index is 11.5. The van der Waals surface area contributed by atoms with E-state index in [0.717, 1.165) is 25.2 Å². The fourth-order valence-electron chi connectivity index (χ4n) is 3.36. The molecule has 1 fully saturated rings. The Bertz CT molecular complexity index is 356. The number of ether oxygens (including phenoxy) is 1. The van der Waals surface area contributed by atoms with E-state index in [1.165, 1.54) is 18.4 Å². The molecule has 0 saturated heterocycles. The summed E-state index contributed by atoms with van der Waals surface area (Å²) in [5.41, 5.74) is 1.31. The van der Waals surface area contributed by atoms with Crippen molar-refractivity contribution in [3.05, 3.63) is 12.2 Å². The van der Waals surface area contributed by atoms with Crippen LogP contribution in [0, 0.1) is 11.3 Å². The quantitative estimate of drug-likeness (QED) is 0.600. The van der Waals surface area contributed by atoms with Crippen molar-refractivity contribution >= 4 is 6.09 Å². The summed E-state index contributed by atoms with van der Waals surface area (Å²) in [6.45, 7) is 15.1. The molecule has 0 bridgehead atoms. The largest absolute Gasteiger partial charge is 0.444 e. The normalized spacial score (nSPS) is 27.2. The van der Waals surface area contributed by atoms with Gasteiger partial charge in [0, 0.05) is 6.54 Å². The van der Waals surface area contributed by atoms with Gasteiger partial charge in [-0.15, -0.1) is 0 Å². The highest BCUT2D eigenvalue weighted by Crippen LogP contribution is 2.44. The molecule has 3 nitrogen and oxygen atoms in total. The van der Waals surface area contributed by atoms with E-state index in [-0.39, 0.29) is 6.09 Å². The third-order valence-corrected chi connectivity index (χ3v) is 3.78. The van der Waals surface area contributed by atoms with Crippen LogP contribution in [0.25, 0.3) is 0 Å². The highest BCUT2D eigenvalue weighted by atomic mass is 16.6. The van der Waals surface area contributed by atoms with Crippen LogP contribution in [0.2, 0.25) is 0 Å². The van der Waals surface area contributed by atoms with Crippen molar-refractivity contribution in [3.63, 3.8) is 0 Å². The number of alkyl carbamates (subject to hydrolysis) is 1. The van der Waals surface area contributed by atoms with Crippen LogP contribution in [-0.2, 0) is 4.74 Å². The lowest BCUT2D eigenvalue weighted by atomic mass is 9.67. The predicted molar refractivity (Wildman–Crippen MR) is 83.7 cm³/mol. The molecule has 116 valence electrons. The molecule has 2 atom stereocenters. The fraction of sp³-hybridized carbons (Fsp3) is 0.824. The van der Waals surface area contributed by atoms with Crippen LogP contribution in [0.5, 0.6) is 0 Å². The molecular formula is C17H31NO2. The van der Waals surface area contributed by atoms with Gasteiger partial charge in [0.15, 0.2) is 0 Å². The van der Waals surface area contributed by atoms with Crippen molar-refractivity contribution in [2.45, 2.75) is 72.3 Å². The Hall–Kier alpha value is -0.990. The van der Waals surface area contributed by atoms with Crippen molar-refractivity contribution in [1.82, 2.24) is 5.32 Å². The van der Waals surface area contributed by atoms with Gasteiger partial charge in [-0.25, -0.2) is 4.79 Å². The minimum atomic E-state index is -0.424. The Kier molecular flexibility index (Phi) is 5.67. The molecule has 3 heteroatoms. The molecular weight excluding hydrogens is 250 g/mol. The number of carbonyl (C=O) groups excluding carboxylic acids is 1. The first-order valence-electron chi connectivity index (χ1n) is 7.73. The molecule has 0 radical (unpaired) electrons. The highest BCUT2D eigenvalue weighted by molar-refractivity contribution is 5.67. The van der Waals surface area contributed by atoms with Crippen LogP contribution >= 0.6 is 0 Å². The molecule has 20 heavy (non-hydrogen) atoms. The zero-order valence-corrected chi connectivity index (χ0v) is 13.8. The Morgan fingerprint density at radius 3 is 2.70 bits per heavy atom. The lowest BCUT2D eigenvalue weighted by Gasteiger charge is -2.38. The van der Waals surface area contributed by atoms with Gasteiger partial charge in [-0.1, -0.05) is 26.0 Å². The molecule has 0 aromatic carbocycles. The predicted octanol–water partition coefficient (Wildman–Crippen LogP) is 4.67. The van der Waals surface area contributed by atoms with Crippen molar-refractivity contribution in [3.8, 4) is 0 Å². The Morgan fingerprint density at radius 1 is 1.50 bits per heavy atom. The van der Waals surface area contributed by atoms with Gasteiger partial charge in [-0.2, -0.15) is 0 Å². The van der Waals surface area contributed by atoms with Gasteiger partial charge in [0.2, 0.25) is 0 Å². The average Bonchev–Trinajstić information content (AvgIpc) is 2.19. The lowest BCUT2D eigenvalue weighted by Crippen LogP contribution is -2.33. The standard InChI is InChI=1S/C17H31NO2/c1-13-10-14(2)12-17(6,11-13)8-7-9-18-15(19)20-16(3,4)5/h14H,1,7-12H2,2-6H3,(H,18,19). The minimum absolute atomic E-state index is 0.316. The number of hydrogen-bond acceptors (Lipinski definition) is 2. The molecule has 0 heterocycles. The molecule has 1 amide bonds. The summed E-state index contributed by atoms with van der Waals surface area (Å²) in [6.07, 6.45) is 5.37. The summed E-state index contributed by atoms with van der Waals surface area (Å²) in [4.78, 5) is 11.5. The topological polar surface area (TPSA) is 38.3 Å². The first kappa shape index (κ1) is 17.1. The Labute approximate surface area is 124 Å². The molecule has 1 aliphatic carbocycles. The zero-order valence-electron chi connectivity index (χ0n) is 13.8. The van der Waals surface area contributed by atoms with E-state index in [4.69, 9.17) is 4.74 Å². The van der Waals surface area contributed by atoms with Crippen molar-refractivity contribution < 1.29 is 9.53 Å². The van der Waals surface area contributed by atoms with Gasteiger partial charge in [-0.05, 0) is 64.2 Å². The van der Waals surface area contributed by atoms with E-state index < -0.39 is 5.60 Å². The molecule has 2 unspecified atom stereocenters. The number of carbonyl (C=O) groups is 1. The first-order valence-corrected chi connectivity index (χ1v) is 7.73. The van der Waals surface area contributed by atoms with Crippen molar-refractivity contribution in [2.75, 3.05) is 6.54 Å². The van der Waals surface area contributed by atoms with Crippen LogP contribution in [-0.4, -0.2) is 18.2 Å². The smallest absolute Gasteiger partial charge is 0.407 e.